The number of thiophene rings is 1. The van der Waals surface area contributed by atoms with Crippen molar-refractivity contribution in [2.24, 2.45) is 0 Å². The Bertz CT molecular complexity index is 231. The molecule has 1 aromatic heterocycles. The van der Waals surface area contributed by atoms with E-state index in [9.17, 15) is 4.79 Å². The monoisotopic (exact) mass is 218 g/mol. The van der Waals surface area contributed by atoms with Gasteiger partial charge in [-0.1, -0.05) is 15.9 Å². The lowest BCUT2D eigenvalue weighted by molar-refractivity contribution is -0.107. The van der Waals surface area contributed by atoms with Crippen molar-refractivity contribution in [3.05, 3.63) is 21.9 Å². The van der Waals surface area contributed by atoms with Crippen molar-refractivity contribution in [1.29, 1.82) is 0 Å². The van der Waals surface area contributed by atoms with E-state index in [1.807, 2.05) is 18.4 Å². The molecule has 3 heteroatoms. The maximum Gasteiger partial charge on any atom is 0.138 e. The smallest absolute Gasteiger partial charge is 0.138 e. The minimum Gasteiger partial charge on any atom is -0.302 e. The van der Waals surface area contributed by atoms with Gasteiger partial charge in [-0.05, 0) is 23.9 Å². The van der Waals surface area contributed by atoms with Crippen LogP contribution in [0.1, 0.15) is 15.3 Å². The molecule has 1 nitrogen and oxygen atoms in total. The molecule has 0 unspecified atom stereocenters. The molecular formula is C7H7BrOS. The van der Waals surface area contributed by atoms with Crippen LogP contribution in [-0.2, 0) is 4.79 Å². The first-order valence-electron chi connectivity index (χ1n) is 2.88. The Hall–Kier alpha value is -0.150. The molecule has 0 aliphatic rings. The van der Waals surface area contributed by atoms with Crippen LogP contribution < -0.4 is 0 Å². The fourth-order valence-electron chi connectivity index (χ4n) is 0.665. The molecule has 0 aliphatic heterocycles. The van der Waals surface area contributed by atoms with E-state index in [0.717, 1.165) is 11.2 Å². The summed E-state index contributed by atoms with van der Waals surface area (Å²) in [7, 11) is 0. The lowest BCUT2D eigenvalue weighted by Gasteiger charge is -1.92. The zero-order chi connectivity index (χ0) is 7.56. The van der Waals surface area contributed by atoms with E-state index in [1.54, 1.807) is 11.3 Å². The van der Waals surface area contributed by atoms with Crippen LogP contribution in [0.3, 0.4) is 0 Å². The molecule has 0 saturated heterocycles. The van der Waals surface area contributed by atoms with Crippen LogP contribution >= 0.6 is 27.3 Å². The standard InChI is InChI=1S/C7H7BrOS/c1-5-2-7(10-4-5)6(8)3-9/h2-4,6H,1H3/t6-/m0/s1. The van der Waals surface area contributed by atoms with Crippen LogP contribution in [-0.4, -0.2) is 6.29 Å². The Labute approximate surface area is 72.2 Å². The van der Waals surface area contributed by atoms with Gasteiger partial charge in [0.05, 0.1) is 0 Å². The second-order valence-corrected chi connectivity index (χ2v) is 3.99. The van der Waals surface area contributed by atoms with Crippen molar-refractivity contribution in [1.82, 2.24) is 0 Å². The fraction of sp³-hybridized carbons (Fsp3) is 0.286. The third kappa shape index (κ3) is 1.67. The van der Waals surface area contributed by atoms with Gasteiger partial charge in [-0.15, -0.1) is 11.3 Å². The summed E-state index contributed by atoms with van der Waals surface area (Å²) in [5, 5.41) is 2.03. The van der Waals surface area contributed by atoms with E-state index in [0.29, 0.717) is 0 Å². The lowest BCUT2D eigenvalue weighted by Crippen LogP contribution is -1.84. The molecule has 0 N–H and O–H groups in total. The van der Waals surface area contributed by atoms with E-state index in [4.69, 9.17) is 0 Å². The van der Waals surface area contributed by atoms with Crippen molar-refractivity contribution < 1.29 is 4.79 Å². The molecule has 0 aliphatic carbocycles. The number of alkyl halides is 1. The lowest BCUT2D eigenvalue weighted by atomic mass is 10.3. The highest BCUT2D eigenvalue weighted by Gasteiger charge is 2.06. The van der Waals surface area contributed by atoms with E-state index in [1.165, 1.54) is 5.56 Å². The molecule has 0 saturated carbocycles. The van der Waals surface area contributed by atoms with Crippen LogP contribution in [0.15, 0.2) is 11.4 Å². The van der Waals surface area contributed by atoms with Gasteiger partial charge in [0.25, 0.3) is 0 Å². The average molecular weight is 219 g/mol. The SMILES string of the molecule is Cc1csc([C@@H](Br)C=O)c1. The Balaban J connectivity index is 2.84. The maximum atomic E-state index is 10.3. The van der Waals surface area contributed by atoms with E-state index in [-0.39, 0.29) is 4.83 Å². The number of hydrogen-bond acceptors (Lipinski definition) is 2. The molecule has 0 radical (unpaired) electrons. The predicted molar refractivity (Wildman–Crippen MR) is 46.8 cm³/mol. The van der Waals surface area contributed by atoms with Gasteiger partial charge in [-0.25, -0.2) is 0 Å². The van der Waals surface area contributed by atoms with Crippen molar-refractivity contribution >= 4 is 33.6 Å². The molecule has 0 aromatic carbocycles. The Kier molecular flexibility index (Phi) is 2.63. The minimum absolute atomic E-state index is 0.119. The van der Waals surface area contributed by atoms with Crippen LogP contribution in [0.5, 0.6) is 0 Å². The summed E-state index contributed by atoms with van der Waals surface area (Å²) in [6.45, 7) is 2.02. The molecule has 1 aromatic rings. The number of carbonyl (C=O) groups excluding carboxylic acids is 1. The van der Waals surface area contributed by atoms with Crippen LogP contribution in [0.4, 0.5) is 0 Å². The average Bonchev–Trinajstić information content (AvgIpc) is 2.34. The van der Waals surface area contributed by atoms with Crippen molar-refractivity contribution in [2.45, 2.75) is 11.8 Å². The quantitative estimate of drug-likeness (QED) is 0.552. The van der Waals surface area contributed by atoms with Crippen molar-refractivity contribution in [2.75, 3.05) is 0 Å². The second-order valence-electron chi connectivity index (χ2n) is 2.06. The zero-order valence-corrected chi connectivity index (χ0v) is 7.91. The zero-order valence-electron chi connectivity index (χ0n) is 5.50. The Morgan fingerprint density at radius 2 is 2.50 bits per heavy atom. The van der Waals surface area contributed by atoms with Gasteiger partial charge in [-0.3, -0.25) is 0 Å². The summed E-state index contributed by atoms with van der Waals surface area (Å²) in [5.74, 6) is 0. The van der Waals surface area contributed by atoms with Crippen LogP contribution in [0, 0.1) is 6.92 Å². The van der Waals surface area contributed by atoms with Gasteiger partial charge in [0.1, 0.15) is 11.1 Å². The molecule has 1 heterocycles. The predicted octanol–water partition coefficient (Wildman–Crippen LogP) is 2.69. The fourth-order valence-corrected chi connectivity index (χ4v) is 1.95. The largest absolute Gasteiger partial charge is 0.302 e. The highest BCUT2D eigenvalue weighted by atomic mass is 79.9. The highest BCUT2D eigenvalue weighted by Crippen LogP contribution is 2.26. The summed E-state index contributed by atoms with van der Waals surface area (Å²) in [6.07, 6.45) is 0.894. The molecule has 0 amide bonds. The van der Waals surface area contributed by atoms with Crippen molar-refractivity contribution in [3.63, 3.8) is 0 Å². The number of aldehydes is 1. The Morgan fingerprint density at radius 3 is 2.90 bits per heavy atom. The first-order valence-corrected chi connectivity index (χ1v) is 4.68. The maximum absolute atomic E-state index is 10.3. The van der Waals surface area contributed by atoms with Crippen molar-refractivity contribution in [3.8, 4) is 0 Å². The summed E-state index contributed by atoms with van der Waals surface area (Å²) in [6, 6.07) is 2.01. The minimum atomic E-state index is -0.119. The molecule has 1 atom stereocenters. The molecular weight excluding hydrogens is 212 g/mol. The summed E-state index contributed by atoms with van der Waals surface area (Å²) in [4.78, 5) is 11.2. The van der Waals surface area contributed by atoms with Crippen LogP contribution in [0.25, 0.3) is 0 Å². The third-order valence-electron chi connectivity index (χ3n) is 1.14. The summed E-state index contributed by atoms with van der Waals surface area (Å²) >= 11 is 4.84. The molecule has 1 rings (SSSR count). The number of hydrogen-bond donors (Lipinski definition) is 0. The van der Waals surface area contributed by atoms with Gasteiger partial charge in [0.15, 0.2) is 0 Å². The van der Waals surface area contributed by atoms with Gasteiger partial charge in [0.2, 0.25) is 0 Å². The number of rotatable bonds is 2. The van der Waals surface area contributed by atoms with Crippen LogP contribution in [0.2, 0.25) is 0 Å². The molecule has 0 spiro atoms. The number of aryl methyl sites for hydroxylation is 1. The third-order valence-corrected chi connectivity index (χ3v) is 3.29. The summed E-state index contributed by atoms with van der Waals surface area (Å²) < 4.78 is 0. The summed E-state index contributed by atoms with van der Waals surface area (Å²) in [5.41, 5.74) is 1.21. The van der Waals surface area contributed by atoms with E-state index >= 15 is 0 Å². The highest BCUT2D eigenvalue weighted by molar-refractivity contribution is 9.09. The van der Waals surface area contributed by atoms with Gasteiger partial charge >= 0.3 is 0 Å². The number of halogens is 1. The van der Waals surface area contributed by atoms with Gasteiger partial charge in [0, 0.05) is 4.88 Å². The van der Waals surface area contributed by atoms with Gasteiger partial charge < -0.3 is 4.79 Å². The Morgan fingerprint density at radius 1 is 1.80 bits per heavy atom. The first-order chi connectivity index (χ1) is 4.74. The molecule has 10 heavy (non-hydrogen) atoms. The van der Waals surface area contributed by atoms with E-state index in [2.05, 4.69) is 15.9 Å². The second kappa shape index (κ2) is 3.30. The first kappa shape index (κ1) is 7.95. The van der Waals surface area contributed by atoms with Gasteiger partial charge in [-0.2, -0.15) is 0 Å². The number of carbonyl (C=O) groups is 1. The molecule has 0 bridgehead atoms. The normalized spacial score (nSPS) is 13.0. The molecule has 54 valence electrons. The van der Waals surface area contributed by atoms with E-state index < -0.39 is 0 Å². The molecule has 0 fully saturated rings. The topological polar surface area (TPSA) is 17.1 Å².